The van der Waals surface area contributed by atoms with Crippen molar-refractivity contribution < 1.29 is 13.2 Å². The van der Waals surface area contributed by atoms with Gasteiger partial charge in [-0.2, -0.15) is 0 Å². The van der Waals surface area contributed by atoms with E-state index in [1.54, 1.807) is 17.0 Å². The monoisotopic (exact) mass is 368 g/mol. The lowest BCUT2D eigenvalue weighted by Crippen LogP contribution is -2.41. The number of rotatable bonds is 6. The molecule has 0 saturated heterocycles. The maximum absolute atomic E-state index is 11.9. The van der Waals surface area contributed by atoms with Crippen molar-refractivity contribution in [3.05, 3.63) is 15.9 Å². The van der Waals surface area contributed by atoms with E-state index in [-0.39, 0.29) is 22.7 Å². The number of hydrogen-bond donors (Lipinski definition) is 1. The minimum atomic E-state index is -3.49. The fraction of sp³-hybridized carbons (Fsp3) is 0.545. The first-order valence-corrected chi connectivity index (χ1v) is 8.85. The second-order valence-corrected chi connectivity index (χ2v) is 8.72. The van der Waals surface area contributed by atoms with Crippen LogP contribution in [0.25, 0.3) is 0 Å². The lowest BCUT2D eigenvalue weighted by Gasteiger charge is -2.25. The largest absolute Gasteiger partial charge is 0.339 e. The molecule has 108 valence electrons. The van der Waals surface area contributed by atoms with Gasteiger partial charge in [0, 0.05) is 26.1 Å². The third-order valence-electron chi connectivity index (χ3n) is 2.49. The molecule has 0 aliphatic carbocycles. The fourth-order valence-electron chi connectivity index (χ4n) is 1.59. The average molecular weight is 369 g/mol. The van der Waals surface area contributed by atoms with Crippen LogP contribution in [0.1, 0.15) is 20.8 Å². The van der Waals surface area contributed by atoms with Crippen molar-refractivity contribution in [2.75, 3.05) is 13.1 Å². The molecule has 1 rings (SSSR count). The summed E-state index contributed by atoms with van der Waals surface area (Å²) in [7, 11) is -3.49. The maximum Gasteiger partial charge on any atom is 0.250 e. The van der Waals surface area contributed by atoms with Gasteiger partial charge in [0.05, 0.1) is 3.79 Å². The van der Waals surface area contributed by atoms with Gasteiger partial charge in [-0.3, -0.25) is 4.79 Å². The number of nitrogens with one attached hydrogen (secondary N) is 1. The Hall–Kier alpha value is -0.440. The number of amides is 1. The lowest BCUT2D eigenvalue weighted by molar-refractivity contribution is -0.130. The van der Waals surface area contributed by atoms with Crippen LogP contribution in [0.15, 0.2) is 20.1 Å². The minimum Gasteiger partial charge on any atom is -0.339 e. The summed E-state index contributed by atoms with van der Waals surface area (Å²) in [6.45, 7) is 5.83. The summed E-state index contributed by atoms with van der Waals surface area (Å²) in [5, 5.41) is 0. The highest BCUT2D eigenvalue weighted by atomic mass is 79.9. The molecule has 5 nitrogen and oxygen atoms in total. The van der Waals surface area contributed by atoms with E-state index < -0.39 is 10.0 Å². The zero-order valence-corrected chi connectivity index (χ0v) is 14.2. The molecule has 0 unspecified atom stereocenters. The van der Waals surface area contributed by atoms with E-state index in [1.165, 1.54) is 6.92 Å². The first-order valence-electron chi connectivity index (χ1n) is 5.76. The molecule has 0 bridgehead atoms. The van der Waals surface area contributed by atoms with Gasteiger partial charge in [-0.25, -0.2) is 13.1 Å². The van der Waals surface area contributed by atoms with Crippen LogP contribution < -0.4 is 4.72 Å². The van der Waals surface area contributed by atoms with E-state index in [2.05, 4.69) is 20.7 Å². The molecular formula is C11H17BrN2O3S2. The maximum atomic E-state index is 11.9. The molecule has 1 aromatic rings. The van der Waals surface area contributed by atoms with Crippen molar-refractivity contribution in [2.45, 2.75) is 31.0 Å². The van der Waals surface area contributed by atoms with Crippen LogP contribution >= 0.6 is 27.3 Å². The summed E-state index contributed by atoms with van der Waals surface area (Å²) in [5.41, 5.74) is 0. The highest BCUT2D eigenvalue weighted by Gasteiger charge is 2.18. The van der Waals surface area contributed by atoms with Gasteiger partial charge in [0.1, 0.15) is 4.21 Å². The summed E-state index contributed by atoms with van der Waals surface area (Å²) in [6, 6.07) is 3.29. The molecule has 19 heavy (non-hydrogen) atoms. The number of thiophene rings is 1. The predicted molar refractivity (Wildman–Crippen MR) is 79.7 cm³/mol. The second kappa shape index (κ2) is 6.83. The predicted octanol–water partition coefficient (Wildman–Crippen LogP) is 2.05. The van der Waals surface area contributed by atoms with Gasteiger partial charge >= 0.3 is 0 Å². The minimum absolute atomic E-state index is 0.0536. The molecule has 0 atom stereocenters. The van der Waals surface area contributed by atoms with Crippen LogP contribution in [0.4, 0.5) is 0 Å². The van der Waals surface area contributed by atoms with Crippen molar-refractivity contribution in [1.29, 1.82) is 0 Å². The molecule has 0 saturated carbocycles. The fourth-order valence-corrected chi connectivity index (χ4v) is 4.67. The Labute approximate surface area is 126 Å². The molecule has 0 aliphatic heterocycles. The topological polar surface area (TPSA) is 66.5 Å². The van der Waals surface area contributed by atoms with Crippen molar-refractivity contribution in [3.63, 3.8) is 0 Å². The molecule has 0 aromatic carbocycles. The number of nitrogens with zero attached hydrogens (tertiary/aromatic N) is 1. The quantitative estimate of drug-likeness (QED) is 0.835. The molecule has 0 aliphatic rings. The van der Waals surface area contributed by atoms with Crippen LogP contribution in [-0.2, 0) is 14.8 Å². The SMILES string of the molecule is CC(=O)N(CCNS(=O)(=O)c1ccc(Br)s1)C(C)C. The Morgan fingerprint density at radius 3 is 2.53 bits per heavy atom. The highest BCUT2D eigenvalue weighted by molar-refractivity contribution is 9.11. The van der Waals surface area contributed by atoms with E-state index in [4.69, 9.17) is 0 Å². The average Bonchev–Trinajstić information content (AvgIpc) is 2.71. The van der Waals surface area contributed by atoms with Crippen molar-refractivity contribution >= 4 is 43.2 Å². The summed E-state index contributed by atoms with van der Waals surface area (Å²) < 4.78 is 27.4. The van der Waals surface area contributed by atoms with E-state index in [0.717, 1.165) is 15.1 Å². The number of carbonyl (C=O) groups is 1. The van der Waals surface area contributed by atoms with E-state index in [0.29, 0.717) is 6.54 Å². The Kier molecular flexibility index (Phi) is 5.97. The van der Waals surface area contributed by atoms with Gasteiger partial charge in [-0.1, -0.05) is 0 Å². The normalized spacial score (nSPS) is 11.8. The Morgan fingerprint density at radius 1 is 1.47 bits per heavy atom. The first kappa shape index (κ1) is 16.6. The zero-order chi connectivity index (χ0) is 14.6. The Balaban J connectivity index is 2.59. The number of hydrogen-bond acceptors (Lipinski definition) is 4. The van der Waals surface area contributed by atoms with Crippen molar-refractivity contribution in [2.24, 2.45) is 0 Å². The molecule has 1 amide bonds. The van der Waals surface area contributed by atoms with Gasteiger partial charge in [0.25, 0.3) is 0 Å². The first-order chi connectivity index (χ1) is 8.74. The molecule has 0 fully saturated rings. The summed E-state index contributed by atoms with van der Waals surface area (Å²) in [6.07, 6.45) is 0. The standard InChI is InChI=1S/C11H17BrN2O3S2/c1-8(2)14(9(3)15)7-6-13-19(16,17)11-5-4-10(12)18-11/h4-5,8,13H,6-7H2,1-3H3. The van der Waals surface area contributed by atoms with Crippen LogP contribution in [0.2, 0.25) is 0 Å². The third kappa shape index (κ3) is 4.87. The van der Waals surface area contributed by atoms with E-state index >= 15 is 0 Å². The Bertz CT molecular complexity index is 540. The van der Waals surface area contributed by atoms with Gasteiger partial charge in [0.15, 0.2) is 0 Å². The molecule has 0 radical (unpaired) electrons. The smallest absolute Gasteiger partial charge is 0.250 e. The molecule has 0 spiro atoms. The summed E-state index contributed by atoms with van der Waals surface area (Å²) in [4.78, 5) is 13.0. The highest BCUT2D eigenvalue weighted by Crippen LogP contribution is 2.25. The number of carbonyl (C=O) groups excluding carboxylic acids is 1. The van der Waals surface area contributed by atoms with Gasteiger partial charge in [-0.15, -0.1) is 11.3 Å². The van der Waals surface area contributed by atoms with Crippen LogP contribution in [0.5, 0.6) is 0 Å². The van der Waals surface area contributed by atoms with Crippen LogP contribution in [0, 0.1) is 0 Å². The molecular weight excluding hydrogens is 352 g/mol. The van der Waals surface area contributed by atoms with E-state index in [1.807, 2.05) is 13.8 Å². The Morgan fingerprint density at radius 2 is 2.11 bits per heavy atom. The molecule has 1 heterocycles. The number of sulfonamides is 1. The summed E-state index contributed by atoms with van der Waals surface area (Å²) >= 11 is 4.38. The molecule has 8 heteroatoms. The zero-order valence-electron chi connectivity index (χ0n) is 11.0. The van der Waals surface area contributed by atoms with Gasteiger partial charge in [0.2, 0.25) is 15.9 Å². The van der Waals surface area contributed by atoms with Crippen LogP contribution in [0.3, 0.4) is 0 Å². The second-order valence-electron chi connectivity index (χ2n) is 4.26. The van der Waals surface area contributed by atoms with Crippen LogP contribution in [-0.4, -0.2) is 38.4 Å². The summed E-state index contributed by atoms with van der Waals surface area (Å²) in [5.74, 6) is -0.0620. The van der Waals surface area contributed by atoms with Crippen molar-refractivity contribution in [1.82, 2.24) is 9.62 Å². The third-order valence-corrected chi connectivity index (χ3v) is 6.06. The lowest BCUT2D eigenvalue weighted by atomic mass is 10.3. The number of halogens is 1. The van der Waals surface area contributed by atoms with Gasteiger partial charge in [-0.05, 0) is 41.9 Å². The van der Waals surface area contributed by atoms with Gasteiger partial charge < -0.3 is 4.90 Å². The van der Waals surface area contributed by atoms with Crippen molar-refractivity contribution in [3.8, 4) is 0 Å². The molecule has 1 aromatic heterocycles. The van der Waals surface area contributed by atoms with E-state index in [9.17, 15) is 13.2 Å². The molecule has 1 N–H and O–H groups in total.